The molecule has 0 saturated carbocycles. The number of carbonyl (C=O) groups is 3. The van der Waals surface area contributed by atoms with Crippen molar-refractivity contribution in [2.24, 2.45) is 5.92 Å². The van der Waals surface area contributed by atoms with Crippen molar-refractivity contribution < 1.29 is 28.6 Å². The van der Waals surface area contributed by atoms with Crippen LogP contribution in [0.1, 0.15) is 41.0 Å². The van der Waals surface area contributed by atoms with Gasteiger partial charge in [-0.1, -0.05) is 19.9 Å². The third kappa shape index (κ3) is 6.07. The van der Waals surface area contributed by atoms with Crippen LogP contribution >= 0.6 is 0 Å². The Bertz CT molecular complexity index is 851. The van der Waals surface area contributed by atoms with Gasteiger partial charge in [-0.2, -0.15) is 0 Å². The number of esters is 1. The van der Waals surface area contributed by atoms with E-state index >= 15 is 0 Å². The molecule has 29 heavy (non-hydrogen) atoms. The lowest BCUT2D eigenvalue weighted by atomic mass is 10.1. The van der Waals surface area contributed by atoms with Gasteiger partial charge in [-0.15, -0.1) is 0 Å². The SMILES string of the molecule is COc1cccc(OC)c1C(=O)OCC(=O)c1ccc(NC(=O)CC(C)C)cc1. The fourth-order valence-electron chi connectivity index (χ4n) is 2.66. The molecule has 0 bridgehead atoms. The van der Waals surface area contributed by atoms with Crippen LogP contribution in [-0.4, -0.2) is 38.5 Å². The molecule has 2 rings (SSSR count). The average Bonchev–Trinajstić information content (AvgIpc) is 2.70. The maximum atomic E-state index is 12.4. The van der Waals surface area contributed by atoms with Gasteiger partial charge < -0.3 is 19.5 Å². The van der Waals surface area contributed by atoms with E-state index < -0.39 is 12.6 Å². The smallest absolute Gasteiger partial charge is 0.346 e. The molecule has 1 N–H and O–H groups in total. The van der Waals surface area contributed by atoms with Gasteiger partial charge >= 0.3 is 5.97 Å². The number of hydrogen-bond acceptors (Lipinski definition) is 6. The molecule has 2 aromatic rings. The van der Waals surface area contributed by atoms with Gasteiger partial charge in [0.1, 0.15) is 17.1 Å². The lowest BCUT2D eigenvalue weighted by Gasteiger charge is -2.12. The molecule has 7 nitrogen and oxygen atoms in total. The lowest BCUT2D eigenvalue weighted by Crippen LogP contribution is -2.16. The van der Waals surface area contributed by atoms with Gasteiger partial charge in [-0.25, -0.2) is 4.79 Å². The molecule has 0 aromatic heterocycles. The summed E-state index contributed by atoms with van der Waals surface area (Å²) in [5.41, 5.74) is 1.09. The molecule has 0 atom stereocenters. The Morgan fingerprint density at radius 3 is 2.03 bits per heavy atom. The fraction of sp³-hybridized carbons (Fsp3) is 0.318. The Morgan fingerprint density at radius 2 is 1.52 bits per heavy atom. The highest BCUT2D eigenvalue weighted by molar-refractivity contribution is 6.01. The first-order chi connectivity index (χ1) is 13.8. The molecule has 0 aliphatic carbocycles. The van der Waals surface area contributed by atoms with Gasteiger partial charge in [0.15, 0.2) is 12.4 Å². The van der Waals surface area contributed by atoms with Crippen LogP contribution in [0.2, 0.25) is 0 Å². The van der Waals surface area contributed by atoms with E-state index in [4.69, 9.17) is 14.2 Å². The van der Waals surface area contributed by atoms with E-state index in [-0.39, 0.29) is 23.2 Å². The van der Waals surface area contributed by atoms with E-state index in [9.17, 15) is 14.4 Å². The van der Waals surface area contributed by atoms with Crippen molar-refractivity contribution in [3.63, 3.8) is 0 Å². The lowest BCUT2D eigenvalue weighted by molar-refractivity contribution is -0.116. The highest BCUT2D eigenvalue weighted by Gasteiger charge is 2.21. The van der Waals surface area contributed by atoms with Crippen LogP contribution in [0, 0.1) is 5.92 Å². The maximum Gasteiger partial charge on any atom is 0.346 e. The molecule has 7 heteroatoms. The van der Waals surface area contributed by atoms with Crippen molar-refractivity contribution in [2.75, 3.05) is 26.1 Å². The third-order valence-electron chi connectivity index (χ3n) is 4.05. The molecular formula is C22H25NO6. The number of carbonyl (C=O) groups excluding carboxylic acids is 3. The number of hydrogen-bond donors (Lipinski definition) is 1. The van der Waals surface area contributed by atoms with Crippen LogP contribution in [0.5, 0.6) is 11.5 Å². The second-order valence-corrected chi connectivity index (χ2v) is 6.76. The minimum atomic E-state index is -0.717. The van der Waals surface area contributed by atoms with Gasteiger partial charge in [0, 0.05) is 17.7 Å². The monoisotopic (exact) mass is 399 g/mol. The highest BCUT2D eigenvalue weighted by atomic mass is 16.5. The minimum Gasteiger partial charge on any atom is -0.496 e. The van der Waals surface area contributed by atoms with E-state index in [1.54, 1.807) is 42.5 Å². The summed E-state index contributed by atoms with van der Waals surface area (Å²) in [4.78, 5) is 36.6. The van der Waals surface area contributed by atoms with Gasteiger partial charge in [-0.05, 0) is 42.3 Å². The first-order valence-electron chi connectivity index (χ1n) is 9.17. The molecule has 0 aliphatic heterocycles. The quantitative estimate of drug-likeness (QED) is 0.510. The van der Waals surface area contributed by atoms with Crippen LogP contribution in [0.25, 0.3) is 0 Å². The summed E-state index contributed by atoms with van der Waals surface area (Å²) in [7, 11) is 2.86. The van der Waals surface area contributed by atoms with Gasteiger partial charge in [0.05, 0.1) is 14.2 Å². The summed E-state index contributed by atoms with van der Waals surface area (Å²) >= 11 is 0. The first kappa shape index (κ1) is 21.9. The number of ether oxygens (including phenoxy) is 3. The Morgan fingerprint density at radius 1 is 0.931 bits per heavy atom. The molecule has 154 valence electrons. The molecule has 1 amide bonds. The van der Waals surface area contributed by atoms with E-state index in [1.165, 1.54) is 14.2 Å². The van der Waals surface area contributed by atoms with Crippen molar-refractivity contribution in [1.29, 1.82) is 0 Å². The Hall–Kier alpha value is -3.35. The number of methoxy groups -OCH3 is 2. The van der Waals surface area contributed by atoms with Gasteiger partial charge in [-0.3, -0.25) is 9.59 Å². The van der Waals surface area contributed by atoms with Crippen molar-refractivity contribution in [1.82, 2.24) is 0 Å². The number of amides is 1. The van der Waals surface area contributed by atoms with Crippen molar-refractivity contribution in [3.8, 4) is 11.5 Å². The first-order valence-corrected chi connectivity index (χ1v) is 9.17. The summed E-state index contributed by atoms with van der Waals surface area (Å²) in [5.74, 6) is -0.324. The Labute approximate surface area is 170 Å². The van der Waals surface area contributed by atoms with Gasteiger partial charge in [0.2, 0.25) is 5.91 Å². The second kappa shape index (κ2) is 10.3. The maximum absolute atomic E-state index is 12.4. The van der Waals surface area contributed by atoms with E-state index in [0.717, 1.165) is 0 Å². The summed E-state index contributed by atoms with van der Waals surface area (Å²) in [6.07, 6.45) is 0.420. The fourth-order valence-corrected chi connectivity index (χ4v) is 2.66. The van der Waals surface area contributed by atoms with Gasteiger partial charge in [0.25, 0.3) is 0 Å². The zero-order valence-corrected chi connectivity index (χ0v) is 17.0. The van der Waals surface area contributed by atoms with E-state index in [1.807, 2.05) is 13.8 Å². The molecule has 0 aliphatic rings. The predicted molar refractivity (Wildman–Crippen MR) is 109 cm³/mol. The predicted octanol–water partition coefficient (Wildman–Crippen LogP) is 3.73. The largest absolute Gasteiger partial charge is 0.496 e. The van der Waals surface area contributed by atoms with Crippen molar-refractivity contribution in [3.05, 3.63) is 53.6 Å². The third-order valence-corrected chi connectivity index (χ3v) is 4.05. The summed E-state index contributed by atoms with van der Waals surface area (Å²) in [5, 5.41) is 2.77. The molecule has 0 fully saturated rings. The molecule has 0 spiro atoms. The highest BCUT2D eigenvalue weighted by Crippen LogP contribution is 2.28. The molecule has 2 aromatic carbocycles. The molecular weight excluding hydrogens is 374 g/mol. The summed E-state index contributed by atoms with van der Waals surface area (Å²) < 4.78 is 15.5. The number of rotatable bonds is 9. The Balaban J connectivity index is 1.99. The van der Waals surface area contributed by atoms with Crippen molar-refractivity contribution in [2.45, 2.75) is 20.3 Å². The van der Waals surface area contributed by atoms with Crippen LogP contribution in [0.3, 0.4) is 0 Å². The van der Waals surface area contributed by atoms with Crippen LogP contribution in [0.15, 0.2) is 42.5 Å². The van der Waals surface area contributed by atoms with Crippen molar-refractivity contribution >= 4 is 23.3 Å². The van der Waals surface area contributed by atoms with E-state index in [0.29, 0.717) is 29.2 Å². The number of ketones is 1. The van der Waals surface area contributed by atoms with Crippen LogP contribution in [-0.2, 0) is 9.53 Å². The molecule has 0 radical (unpaired) electrons. The topological polar surface area (TPSA) is 90.9 Å². The number of anilines is 1. The van der Waals surface area contributed by atoms with E-state index in [2.05, 4.69) is 5.32 Å². The zero-order valence-electron chi connectivity index (χ0n) is 17.0. The normalized spacial score (nSPS) is 10.4. The molecule has 0 saturated heterocycles. The second-order valence-electron chi connectivity index (χ2n) is 6.76. The minimum absolute atomic E-state index is 0.0845. The summed E-state index contributed by atoms with van der Waals surface area (Å²) in [6.45, 7) is 3.49. The number of benzene rings is 2. The number of nitrogens with one attached hydrogen (secondary N) is 1. The Kier molecular flexibility index (Phi) is 7.77. The standard InChI is InChI=1S/C22H25NO6/c1-14(2)12-20(25)23-16-10-8-15(9-11-16)17(24)13-29-22(26)21-18(27-3)6-5-7-19(21)28-4/h5-11,14H,12-13H2,1-4H3,(H,23,25). The molecule has 0 unspecified atom stereocenters. The number of Topliss-reactive ketones (excluding diaryl/α,β-unsaturated/α-hetero) is 1. The average molecular weight is 399 g/mol. The summed E-state index contributed by atoms with van der Waals surface area (Å²) in [6, 6.07) is 11.3. The molecule has 0 heterocycles. The zero-order chi connectivity index (χ0) is 21.4. The van der Waals surface area contributed by atoms with Crippen LogP contribution in [0.4, 0.5) is 5.69 Å². The van der Waals surface area contributed by atoms with Crippen LogP contribution < -0.4 is 14.8 Å².